The molecule has 1 aromatic rings. The van der Waals surface area contributed by atoms with Crippen LogP contribution in [0.25, 0.3) is 0 Å². The molecule has 0 bridgehead atoms. The molecule has 0 radical (unpaired) electrons. The number of allylic oxidation sites excluding steroid dienone is 1. The van der Waals surface area contributed by atoms with Crippen molar-refractivity contribution in [3.05, 3.63) is 47.7 Å². The van der Waals surface area contributed by atoms with Gasteiger partial charge < -0.3 is 4.74 Å². The van der Waals surface area contributed by atoms with Crippen molar-refractivity contribution in [1.29, 1.82) is 0 Å². The number of nitrogens with zero attached hydrogens (tertiary/aromatic N) is 1. The van der Waals surface area contributed by atoms with Gasteiger partial charge >= 0.3 is 0 Å². The lowest BCUT2D eigenvalue weighted by atomic mass is 10.1. The summed E-state index contributed by atoms with van der Waals surface area (Å²) in [6, 6.07) is 10.3. The Bertz CT molecular complexity index is 368. The molecule has 0 spiro atoms. The molecule has 2 heteroatoms. The molecular formula is C14H17NO. The van der Waals surface area contributed by atoms with Gasteiger partial charge in [0.05, 0.1) is 6.61 Å². The van der Waals surface area contributed by atoms with E-state index in [0.29, 0.717) is 0 Å². The van der Waals surface area contributed by atoms with Crippen molar-refractivity contribution in [2.45, 2.75) is 25.9 Å². The highest BCUT2D eigenvalue weighted by molar-refractivity contribution is 5.65. The van der Waals surface area contributed by atoms with Gasteiger partial charge in [-0.05, 0) is 24.0 Å². The maximum Gasteiger partial charge on any atom is 0.0716 e. The van der Waals surface area contributed by atoms with Crippen molar-refractivity contribution in [1.82, 2.24) is 0 Å². The Balaban J connectivity index is 1.55. The summed E-state index contributed by atoms with van der Waals surface area (Å²) in [5.74, 6) is 0. The van der Waals surface area contributed by atoms with Gasteiger partial charge in [0.15, 0.2) is 0 Å². The first-order chi connectivity index (χ1) is 7.95. The maximum atomic E-state index is 5.61. The highest BCUT2D eigenvalue weighted by Gasteiger charge is 2.00. The fourth-order valence-corrected chi connectivity index (χ4v) is 1.71. The smallest absolute Gasteiger partial charge is 0.0716 e. The summed E-state index contributed by atoms with van der Waals surface area (Å²) in [5, 5.41) is 0. The lowest BCUT2D eigenvalue weighted by molar-refractivity contribution is 0.118. The van der Waals surface area contributed by atoms with E-state index in [9.17, 15) is 0 Å². The third kappa shape index (κ3) is 3.63. The topological polar surface area (TPSA) is 21.6 Å². The molecule has 0 unspecified atom stereocenters. The number of benzene rings is 1. The van der Waals surface area contributed by atoms with E-state index < -0.39 is 0 Å². The van der Waals surface area contributed by atoms with Gasteiger partial charge in [0.25, 0.3) is 0 Å². The molecule has 0 saturated heterocycles. The average Bonchev–Trinajstić information content (AvgIpc) is 2.83. The van der Waals surface area contributed by atoms with E-state index in [-0.39, 0.29) is 0 Å². The zero-order chi connectivity index (χ0) is 11.1. The molecule has 1 aliphatic heterocycles. The molecule has 0 saturated carbocycles. The van der Waals surface area contributed by atoms with Crippen LogP contribution in [0.2, 0.25) is 0 Å². The van der Waals surface area contributed by atoms with Gasteiger partial charge in [-0.2, -0.15) is 0 Å². The van der Waals surface area contributed by atoms with E-state index >= 15 is 0 Å². The van der Waals surface area contributed by atoms with Crippen molar-refractivity contribution in [3.8, 4) is 0 Å². The SMILES string of the molecule is C1=NC=C(CCCOCc2ccccc2)C1. The molecule has 1 aliphatic rings. The van der Waals surface area contributed by atoms with Gasteiger partial charge in [-0.1, -0.05) is 30.3 Å². The van der Waals surface area contributed by atoms with Crippen LogP contribution in [0.1, 0.15) is 24.8 Å². The minimum atomic E-state index is 0.719. The quantitative estimate of drug-likeness (QED) is 0.667. The molecule has 1 heterocycles. The van der Waals surface area contributed by atoms with Gasteiger partial charge in [0, 0.05) is 25.4 Å². The monoisotopic (exact) mass is 215 g/mol. The third-order valence-corrected chi connectivity index (χ3v) is 2.61. The largest absolute Gasteiger partial charge is 0.377 e. The van der Waals surface area contributed by atoms with Crippen LogP contribution >= 0.6 is 0 Å². The number of aliphatic imine (C=N–C) groups is 1. The third-order valence-electron chi connectivity index (χ3n) is 2.61. The summed E-state index contributed by atoms with van der Waals surface area (Å²) in [6.07, 6.45) is 7.15. The zero-order valence-electron chi connectivity index (χ0n) is 9.43. The van der Waals surface area contributed by atoms with Crippen LogP contribution in [0.4, 0.5) is 0 Å². The molecule has 2 rings (SSSR count). The normalized spacial score (nSPS) is 14.1. The summed E-state index contributed by atoms with van der Waals surface area (Å²) < 4.78 is 5.61. The Morgan fingerprint density at radius 3 is 2.81 bits per heavy atom. The first-order valence-electron chi connectivity index (χ1n) is 5.76. The Labute approximate surface area is 96.7 Å². The Morgan fingerprint density at radius 1 is 1.19 bits per heavy atom. The molecule has 1 aromatic carbocycles. The van der Waals surface area contributed by atoms with Crippen LogP contribution in [0.15, 0.2) is 47.1 Å². The van der Waals surface area contributed by atoms with E-state index in [2.05, 4.69) is 17.1 Å². The lowest BCUT2D eigenvalue weighted by Gasteiger charge is -2.04. The molecule has 0 N–H and O–H groups in total. The second-order valence-corrected chi connectivity index (χ2v) is 3.96. The van der Waals surface area contributed by atoms with Crippen LogP contribution in [0, 0.1) is 0 Å². The fraction of sp³-hybridized carbons (Fsp3) is 0.357. The van der Waals surface area contributed by atoms with Crippen LogP contribution in [-0.4, -0.2) is 12.8 Å². The molecule has 0 atom stereocenters. The molecule has 0 amide bonds. The summed E-state index contributed by atoms with van der Waals surface area (Å²) in [5.41, 5.74) is 2.66. The Hall–Kier alpha value is -1.41. The van der Waals surface area contributed by atoms with E-state index in [1.807, 2.05) is 30.6 Å². The van der Waals surface area contributed by atoms with Crippen molar-refractivity contribution in [2.75, 3.05) is 6.61 Å². The average molecular weight is 215 g/mol. The Kier molecular flexibility index (Phi) is 4.32. The highest BCUT2D eigenvalue weighted by atomic mass is 16.5. The number of ether oxygens (including phenoxy) is 1. The number of hydrogen-bond acceptors (Lipinski definition) is 2. The van der Waals surface area contributed by atoms with Crippen molar-refractivity contribution < 1.29 is 4.74 Å². The minimum absolute atomic E-state index is 0.719. The second-order valence-electron chi connectivity index (χ2n) is 3.96. The van der Waals surface area contributed by atoms with E-state index in [1.54, 1.807) is 0 Å². The Morgan fingerprint density at radius 2 is 2.06 bits per heavy atom. The maximum absolute atomic E-state index is 5.61. The predicted octanol–water partition coefficient (Wildman–Crippen LogP) is 3.34. The molecule has 0 aromatic heterocycles. The molecule has 0 fully saturated rings. The van der Waals surface area contributed by atoms with E-state index in [1.165, 1.54) is 11.1 Å². The van der Waals surface area contributed by atoms with Crippen LogP contribution in [0.3, 0.4) is 0 Å². The minimum Gasteiger partial charge on any atom is -0.377 e. The van der Waals surface area contributed by atoms with Crippen LogP contribution < -0.4 is 0 Å². The van der Waals surface area contributed by atoms with Gasteiger partial charge in [0.2, 0.25) is 0 Å². The summed E-state index contributed by atoms with van der Waals surface area (Å²) >= 11 is 0. The standard InChI is InChI=1S/C14H17NO/c1-2-5-14(6-3-1)12-16-10-4-7-13-8-9-15-11-13/h1-3,5-6,9,11H,4,7-8,10,12H2. The van der Waals surface area contributed by atoms with Gasteiger partial charge in [-0.15, -0.1) is 0 Å². The second kappa shape index (κ2) is 6.23. The van der Waals surface area contributed by atoms with Gasteiger partial charge in [0.1, 0.15) is 0 Å². The molecule has 2 nitrogen and oxygen atoms in total. The number of hydrogen-bond donors (Lipinski definition) is 0. The van der Waals surface area contributed by atoms with E-state index in [0.717, 1.165) is 32.5 Å². The van der Waals surface area contributed by atoms with Crippen molar-refractivity contribution in [2.24, 2.45) is 4.99 Å². The van der Waals surface area contributed by atoms with Crippen LogP contribution in [0.5, 0.6) is 0 Å². The van der Waals surface area contributed by atoms with Crippen molar-refractivity contribution >= 4 is 6.21 Å². The summed E-state index contributed by atoms with van der Waals surface area (Å²) in [7, 11) is 0. The fourth-order valence-electron chi connectivity index (χ4n) is 1.71. The molecule has 0 aliphatic carbocycles. The first kappa shape index (κ1) is 11.1. The number of rotatable bonds is 6. The summed E-state index contributed by atoms with van der Waals surface area (Å²) in [6.45, 7) is 1.54. The van der Waals surface area contributed by atoms with Gasteiger partial charge in [-0.3, -0.25) is 4.99 Å². The molecule has 84 valence electrons. The highest BCUT2D eigenvalue weighted by Crippen LogP contribution is 2.13. The zero-order valence-corrected chi connectivity index (χ0v) is 9.43. The predicted molar refractivity (Wildman–Crippen MR) is 66.5 cm³/mol. The first-order valence-corrected chi connectivity index (χ1v) is 5.76. The molecular weight excluding hydrogens is 198 g/mol. The molecule has 16 heavy (non-hydrogen) atoms. The van der Waals surface area contributed by atoms with Crippen molar-refractivity contribution in [3.63, 3.8) is 0 Å². The van der Waals surface area contributed by atoms with Crippen LogP contribution in [-0.2, 0) is 11.3 Å². The van der Waals surface area contributed by atoms with E-state index in [4.69, 9.17) is 4.74 Å². The summed E-state index contributed by atoms with van der Waals surface area (Å²) in [4.78, 5) is 4.08. The lowest BCUT2D eigenvalue weighted by Crippen LogP contribution is -1.96. The van der Waals surface area contributed by atoms with Gasteiger partial charge in [-0.25, -0.2) is 0 Å².